The number of fused-ring (bicyclic) bond motifs is 2. The number of thiophene rings is 1. The van der Waals surface area contributed by atoms with Gasteiger partial charge in [-0.2, -0.15) is 0 Å². The summed E-state index contributed by atoms with van der Waals surface area (Å²) in [7, 11) is 0. The molecule has 0 aliphatic carbocycles. The highest BCUT2D eigenvalue weighted by Gasteiger charge is 2.19. The number of carbonyl (C=O) groups is 1. The van der Waals surface area contributed by atoms with Gasteiger partial charge in [0.1, 0.15) is 28.9 Å². The van der Waals surface area contributed by atoms with Crippen LogP contribution in [0.2, 0.25) is 0 Å². The molecule has 3 aromatic rings. The fourth-order valence-electron chi connectivity index (χ4n) is 2.69. The molecule has 0 bridgehead atoms. The van der Waals surface area contributed by atoms with Crippen LogP contribution in [0.1, 0.15) is 20.8 Å². The molecule has 2 aromatic carbocycles. The third kappa shape index (κ3) is 3.20. The Morgan fingerprint density at radius 3 is 2.92 bits per heavy atom. The number of esters is 1. The van der Waals surface area contributed by atoms with Crippen LogP contribution in [0.5, 0.6) is 5.75 Å². The fraction of sp³-hybridized carbons (Fsp3) is 0.167. The van der Waals surface area contributed by atoms with Gasteiger partial charge in [-0.05, 0) is 41.8 Å². The summed E-state index contributed by atoms with van der Waals surface area (Å²) in [6, 6.07) is 8.50. The molecule has 0 amide bonds. The molecule has 7 heteroatoms. The molecule has 4 nitrogen and oxygen atoms in total. The monoisotopic (exact) mass is 362 g/mol. The smallest absolute Gasteiger partial charge is 0.348 e. The van der Waals surface area contributed by atoms with Crippen molar-refractivity contribution >= 4 is 27.4 Å². The van der Waals surface area contributed by atoms with Gasteiger partial charge in [-0.1, -0.05) is 0 Å². The molecule has 0 radical (unpaired) electrons. The van der Waals surface area contributed by atoms with E-state index in [0.717, 1.165) is 4.70 Å². The lowest BCUT2D eigenvalue weighted by Crippen LogP contribution is -2.14. The molecule has 1 aliphatic heterocycles. The molecule has 0 saturated carbocycles. The van der Waals surface area contributed by atoms with E-state index in [9.17, 15) is 13.6 Å². The summed E-state index contributed by atoms with van der Waals surface area (Å²) < 4.78 is 43.5. The number of halogens is 2. The zero-order valence-electron chi connectivity index (χ0n) is 12.9. The minimum Gasteiger partial charge on any atom is -0.467 e. The van der Waals surface area contributed by atoms with Crippen molar-refractivity contribution in [3.05, 3.63) is 64.0 Å². The summed E-state index contributed by atoms with van der Waals surface area (Å²) in [4.78, 5) is 12.6. The third-order valence-corrected chi connectivity index (χ3v) is 4.89. The number of benzene rings is 2. The first kappa shape index (κ1) is 16.0. The molecule has 0 saturated heterocycles. The molecular weight excluding hydrogens is 350 g/mol. The number of hydrogen-bond acceptors (Lipinski definition) is 5. The van der Waals surface area contributed by atoms with Crippen LogP contribution in [0, 0.1) is 11.6 Å². The zero-order valence-corrected chi connectivity index (χ0v) is 13.7. The van der Waals surface area contributed by atoms with E-state index in [2.05, 4.69) is 0 Å². The van der Waals surface area contributed by atoms with E-state index < -0.39 is 11.8 Å². The van der Waals surface area contributed by atoms with E-state index >= 15 is 0 Å². The predicted molar refractivity (Wildman–Crippen MR) is 87.6 cm³/mol. The zero-order chi connectivity index (χ0) is 17.4. The van der Waals surface area contributed by atoms with Crippen molar-refractivity contribution in [1.29, 1.82) is 0 Å². The highest BCUT2D eigenvalue weighted by Crippen LogP contribution is 2.31. The van der Waals surface area contributed by atoms with Gasteiger partial charge < -0.3 is 14.2 Å². The van der Waals surface area contributed by atoms with E-state index in [0.29, 0.717) is 27.1 Å². The Labute approximate surface area is 145 Å². The molecular formula is C18H12F2O4S. The Kier molecular flexibility index (Phi) is 4.10. The second-order valence-corrected chi connectivity index (χ2v) is 6.62. The normalized spacial score (nSPS) is 13.4. The summed E-state index contributed by atoms with van der Waals surface area (Å²) >= 11 is 1.21. The number of carbonyl (C=O) groups excluding carboxylic acids is 1. The van der Waals surface area contributed by atoms with Gasteiger partial charge in [0, 0.05) is 15.8 Å². The number of hydrogen-bond donors (Lipinski definition) is 0. The van der Waals surface area contributed by atoms with Crippen LogP contribution >= 0.6 is 11.3 Å². The van der Waals surface area contributed by atoms with Crippen molar-refractivity contribution in [2.24, 2.45) is 0 Å². The van der Waals surface area contributed by atoms with Crippen molar-refractivity contribution in [2.45, 2.75) is 13.2 Å². The van der Waals surface area contributed by atoms with Crippen molar-refractivity contribution in [2.75, 3.05) is 6.79 Å². The van der Waals surface area contributed by atoms with Crippen LogP contribution in [-0.4, -0.2) is 12.8 Å². The van der Waals surface area contributed by atoms with E-state index in [4.69, 9.17) is 14.2 Å². The highest BCUT2D eigenvalue weighted by atomic mass is 32.1. The van der Waals surface area contributed by atoms with Crippen LogP contribution in [0.25, 0.3) is 10.1 Å². The standard InChI is InChI=1S/C18H12F2O4S/c19-13-1-2-15-10(3-13)6-16(25-15)18(21)23-8-12-5-14(20)4-11-7-22-9-24-17(11)12/h1-6H,7-9H2. The van der Waals surface area contributed by atoms with Crippen molar-refractivity contribution < 1.29 is 27.8 Å². The molecule has 1 aromatic heterocycles. The van der Waals surface area contributed by atoms with Crippen molar-refractivity contribution in [1.82, 2.24) is 0 Å². The average Bonchev–Trinajstić information content (AvgIpc) is 3.02. The second kappa shape index (κ2) is 6.42. The van der Waals surface area contributed by atoms with Gasteiger partial charge in [-0.15, -0.1) is 11.3 Å². The van der Waals surface area contributed by atoms with Gasteiger partial charge >= 0.3 is 5.97 Å². The molecule has 0 spiro atoms. The second-order valence-electron chi connectivity index (χ2n) is 5.53. The lowest BCUT2D eigenvalue weighted by molar-refractivity contribution is -0.0182. The van der Waals surface area contributed by atoms with Gasteiger partial charge in [-0.25, -0.2) is 13.6 Å². The first-order chi connectivity index (χ1) is 12.1. The Balaban J connectivity index is 1.54. The summed E-state index contributed by atoms with van der Waals surface area (Å²) in [6.07, 6.45) is 0. The molecule has 128 valence electrons. The number of ether oxygens (including phenoxy) is 3. The quantitative estimate of drug-likeness (QED) is 0.648. The summed E-state index contributed by atoms with van der Waals surface area (Å²) in [5.41, 5.74) is 1.02. The maximum atomic E-state index is 13.7. The van der Waals surface area contributed by atoms with Gasteiger partial charge in [-0.3, -0.25) is 0 Å². The average molecular weight is 362 g/mol. The van der Waals surface area contributed by atoms with Gasteiger partial charge in [0.25, 0.3) is 0 Å². The minimum absolute atomic E-state index is 0.0709. The molecule has 2 heterocycles. The minimum atomic E-state index is -0.549. The largest absolute Gasteiger partial charge is 0.467 e. The topological polar surface area (TPSA) is 44.8 Å². The Bertz CT molecular complexity index is 967. The van der Waals surface area contributed by atoms with Crippen molar-refractivity contribution in [3.8, 4) is 5.75 Å². The van der Waals surface area contributed by atoms with Crippen LogP contribution in [0.15, 0.2) is 36.4 Å². The number of rotatable bonds is 3. The predicted octanol–water partition coefficient (Wildman–Crippen LogP) is 4.40. The van der Waals surface area contributed by atoms with Crippen molar-refractivity contribution in [3.63, 3.8) is 0 Å². The SMILES string of the molecule is O=C(OCc1cc(F)cc2c1OCOC2)c1cc2cc(F)ccc2s1. The fourth-order valence-corrected chi connectivity index (χ4v) is 3.63. The Hall–Kier alpha value is -2.51. The molecule has 0 fully saturated rings. The van der Waals surface area contributed by atoms with E-state index in [-0.39, 0.29) is 25.8 Å². The first-order valence-corrected chi connectivity index (χ1v) is 8.30. The third-order valence-electron chi connectivity index (χ3n) is 3.79. The molecule has 25 heavy (non-hydrogen) atoms. The summed E-state index contributed by atoms with van der Waals surface area (Å²) in [5.74, 6) is -0.877. The van der Waals surface area contributed by atoms with Crippen LogP contribution < -0.4 is 4.74 Å². The van der Waals surface area contributed by atoms with Crippen LogP contribution in [0.4, 0.5) is 8.78 Å². The Morgan fingerprint density at radius 2 is 2.04 bits per heavy atom. The maximum absolute atomic E-state index is 13.7. The summed E-state index contributed by atoms with van der Waals surface area (Å²) in [6.45, 7) is 0.193. The first-order valence-electron chi connectivity index (χ1n) is 7.48. The summed E-state index contributed by atoms with van der Waals surface area (Å²) in [5, 5.41) is 0.639. The Morgan fingerprint density at radius 1 is 1.16 bits per heavy atom. The van der Waals surface area contributed by atoms with Crippen LogP contribution in [-0.2, 0) is 22.7 Å². The molecule has 0 unspecified atom stereocenters. The molecule has 1 aliphatic rings. The molecule has 4 rings (SSSR count). The van der Waals surface area contributed by atoms with E-state index in [1.165, 1.54) is 35.6 Å². The lowest BCUT2D eigenvalue weighted by atomic mass is 10.1. The maximum Gasteiger partial charge on any atom is 0.348 e. The van der Waals surface area contributed by atoms with Crippen LogP contribution in [0.3, 0.4) is 0 Å². The lowest BCUT2D eigenvalue weighted by Gasteiger charge is -2.20. The molecule has 0 atom stereocenters. The highest BCUT2D eigenvalue weighted by molar-refractivity contribution is 7.20. The van der Waals surface area contributed by atoms with Gasteiger partial charge in [0.2, 0.25) is 0 Å². The van der Waals surface area contributed by atoms with Gasteiger partial charge in [0.15, 0.2) is 6.79 Å². The molecule has 0 N–H and O–H groups in total. The van der Waals surface area contributed by atoms with E-state index in [1.807, 2.05) is 0 Å². The van der Waals surface area contributed by atoms with Gasteiger partial charge in [0.05, 0.1) is 6.61 Å². The van der Waals surface area contributed by atoms with E-state index in [1.54, 1.807) is 12.1 Å².